The van der Waals surface area contributed by atoms with Gasteiger partial charge in [-0.25, -0.2) is 0 Å². The van der Waals surface area contributed by atoms with Crippen LogP contribution in [-0.2, 0) is 4.79 Å². The Hall–Kier alpha value is -1.64. The molecule has 106 valence electrons. The molecule has 1 amide bonds. The number of hydrogen-bond donors (Lipinski definition) is 0. The van der Waals surface area contributed by atoms with Gasteiger partial charge < -0.3 is 4.90 Å². The van der Waals surface area contributed by atoms with Gasteiger partial charge in [0.05, 0.1) is 0 Å². The number of hydrogen-bond acceptors (Lipinski definition) is 2. The van der Waals surface area contributed by atoms with Crippen molar-refractivity contribution in [3.05, 3.63) is 29.8 Å². The standard InChI is InChI=1S/C17H21NO2/c1-18(11-19)16-6-4-13(5-7-16)17(20)10-15-9-12-2-3-14(15)8-12/h4-7,11-12,14-15H,2-3,8-10H2,1H3. The van der Waals surface area contributed by atoms with Gasteiger partial charge in [-0.15, -0.1) is 0 Å². The van der Waals surface area contributed by atoms with Crippen LogP contribution < -0.4 is 4.90 Å². The van der Waals surface area contributed by atoms with Crippen molar-refractivity contribution in [1.29, 1.82) is 0 Å². The monoisotopic (exact) mass is 271 g/mol. The second-order valence-electron chi connectivity index (χ2n) is 6.33. The summed E-state index contributed by atoms with van der Waals surface area (Å²) in [6, 6.07) is 7.35. The average Bonchev–Trinajstić information content (AvgIpc) is 3.09. The third-order valence-electron chi connectivity index (χ3n) is 5.09. The number of benzene rings is 1. The fourth-order valence-electron chi connectivity index (χ4n) is 3.93. The number of carbonyl (C=O) groups is 2. The van der Waals surface area contributed by atoms with Gasteiger partial charge in [-0.05, 0) is 61.3 Å². The van der Waals surface area contributed by atoms with E-state index in [1.54, 1.807) is 7.05 Å². The number of rotatable bonds is 5. The van der Waals surface area contributed by atoms with Crippen LogP contribution in [0, 0.1) is 17.8 Å². The maximum Gasteiger partial charge on any atom is 0.213 e. The normalized spacial score (nSPS) is 27.6. The molecule has 20 heavy (non-hydrogen) atoms. The van der Waals surface area contributed by atoms with Gasteiger partial charge in [-0.1, -0.05) is 6.42 Å². The molecule has 2 fully saturated rings. The molecule has 3 heteroatoms. The van der Waals surface area contributed by atoms with Crippen LogP contribution in [0.5, 0.6) is 0 Å². The summed E-state index contributed by atoms with van der Waals surface area (Å²) in [5.74, 6) is 2.55. The van der Waals surface area contributed by atoms with Gasteiger partial charge in [0.25, 0.3) is 0 Å². The zero-order valence-electron chi connectivity index (χ0n) is 11.9. The molecule has 1 aromatic rings. The van der Waals surface area contributed by atoms with E-state index < -0.39 is 0 Å². The van der Waals surface area contributed by atoms with Crippen molar-refractivity contribution in [2.75, 3.05) is 11.9 Å². The summed E-state index contributed by atoms with van der Waals surface area (Å²) in [5, 5.41) is 0. The number of anilines is 1. The first-order valence-corrected chi connectivity index (χ1v) is 7.48. The molecule has 0 saturated heterocycles. The van der Waals surface area contributed by atoms with Crippen LogP contribution in [0.25, 0.3) is 0 Å². The second kappa shape index (κ2) is 5.39. The smallest absolute Gasteiger partial charge is 0.213 e. The highest BCUT2D eigenvalue weighted by Crippen LogP contribution is 2.49. The molecule has 3 nitrogen and oxygen atoms in total. The van der Waals surface area contributed by atoms with Crippen LogP contribution in [0.1, 0.15) is 42.5 Å². The van der Waals surface area contributed by atoms with E-state index in [2.05, 4.69) is 0 Å². The zero-order chi connectivity index (χ0) is 14.1. The third-order valence-corrected chi connectivity index (χ3v) is 5.09. The number of carbonyl (C=O) groups excluding carboxylic acids is 2. The minimum Gasteiger partial charge on any atom is -0.318 e. The Morgan fingerprint density at radius 1 is 1.25 bits per heavy atom. The van der Waals surface area contributed by atoms with E-state index >= 15 is 0 Å². The fourth-order valence-corrected chi connectivity index (χ4v) is 3.93. The summed E-state index contributed by atoms with van der Waals surface area (Å²) in [7, 11) is 1.71. The van der Waals surface area contributed by atoms with Crippen LogP contribution in [0.15, 0.2) is 24.3 Å². The van der Waals surface area contributed by atoms with Crippen molar-refractivity contribution in [3.8, 4) is 0 Å². The maximum atomic E-state index is 12.3. The van der Waals surface area contributed by atoms with Crippen LogP contribution in [0.3, 0.4) is 0 Å². The molecule has 2 bridgehead atoms. The predicted octanol–water partition coefficient (Wildman–Crippen LogP) is 3.29. The SMILES string of the molecule is CN(C=O)c1ccc(C(=O)CC2CC3CCC2C3)cc1. The quantitative estimate of drug-likeness (QED) is 0.608. The van der Waals surface area contributed by atoms with Crippen LogP contribution in [0.2, 0.25) is 0 Å². The van der Waals surface area contributed by atoms with Gasteiger partial charge in [-0.2, -0.15) is 0 Å². The van der Waals surface area contributed by atoms with Crippen molar-refractivity contribution in [1.82, 2.24) is 0 Å². The Morgan fingerprint density at radius 3 is 2.55 bits per heavy atom. The molecular formula is C17H21NO2. The van der Waals surface area contributed by atoms with Gasteiger partial charge in [-0.3, -0.25) is 9.59 Å². The molecule has 0 radical (unpaired) electrons. The zero-order valence-corrected chi connectivity index (χ0v) is 11.9. The van der Waals surface area contributed by atoms with Crippen LogP contribution in [-0.4, -0.2) is 19.2 Å². The Labute approximate surface area is 120 Å². The molecule has 0 aromatic heterocycles. The topological polar surface area (TPSA) is 37.4 Å². The minimum absolute atomic E-state index is 0.253. The lowest BCUT2D eigenvalue weighted by Gasteiger charge is -2.20. The summed E-state index contributed by atoms with van der Waals surface area (Å²) in [4.78, 5) is 24.5. The Kier molecular flexibility index (Phi) is 3.60. The third kappa shape index (κ3) is 2.49. The van der Waals surface area contributed by atoms with Crippen LogP contribution in [0.4, 0.5) is 5.69 Å². The number of nitrogens with zero attached hydrogens (tertiary/aromatic N) is 1. The molecule has 0 heterocycles. The van der Waals surface area contributed by atoms with Gasteiger partial charge in [0, 0.05) is 24.7 Å². The van der Waals surface area contributed by atoms with Gasteiger partial charge in [0.1, 0.15) is 0 Å². The summed E-state index contributed by atoms with van der Waals surface area (Å²) >= 11 is 0. The highest BCUT2D eigenvalue weighted by molar-refractivity contribution is 5.96. The Balaban J connectivity index is 1.64. The lowest BCUT2D eigenvalue weighted by Crippen LogP contribution is -2.16. The number of amides is 1. The van der Waals surface area contributed by atoms with E-state index in [-0.39, 0.29) is 5.78 Å². The summed E-state index contributed by atoms with van der Waals surface area (Å²) < 4.78 is 0. The van der Waals surface area contributed by atoms with Gasteiger partial charge >= 0.3 is 0 Å². The van der Waals surface area contributed by atoms with Crippen LogP contribution >= 0.6 is 0 Å². The molecule has 2 saturated carbocycles. The first-order valence-electron chi connectivity index (χ1n) is 7.48. The summed E-state index contributed by atoms with van der Waals surface area (Å²) in [5.41, 5.74) is 1.59. The van der Waals surface area contributed by atoms with Crippen molar-refractivity contribution < 1.29 is 9.59 Å². The van der Waals surface area contributed by atoms with Gasteiger partial charge in [0.15, 0.2) is 5.78 Å². The van der Waals surface area contributed by atoms with Gasteiger partial charge in [0.2, 0.25) is 6.41 Å². The molecule has 3 rings (SSSR count). The van der Waals surface area contributed by atoms with Crippen molar-refractivity contribution in [3.63, 3.8) is 0 Å². The molecule has 2 aliphatic carbocycles. The molecule has 0 aliphatic heterocycles. The average molecular weight is 271 g/mol. The minimum atomic E-state index is 0.253. The predicted molar refractivity (Wildman–Crippen MR) is 78.8 cm³/mol. The molecular weight excluding hydrogens is 250 g/mol. The number of Topliss-reactive ketones (excluding diaryl/α,β-unsaturated/α-hetero) is 1. The van der Waals surface area contributed by atoms with E-state index in [1.807, 2.05) is 24.3 Å². The molecule has 1 aromatic carbocycles. The lowest BCUT2D eigenvalue weighted by atomic mass is 9.84. The largest absolute Gasteiger partial charge is 0.318 e. The number of fused-ring (bicyclic) bond motifs is 2. The lowest BCUT2D eigenvalue weighted by molar-refractivity contribution is -0.107. The van der Waals surface area contributed by atoms with E-state index in [0.717, 1.165) is 29.5 Å². The Bertz CT molecular complexity index is 508. The molecule has 3 unspecified atom stereocenters. The van der Waals surface area contributed by atoms with Crippen molar-refractivity contribution in [2.24, 2.45) is 17.8 Å². The second-order valence-corrected chi connectivity index (χ2v) is 6.33. The molecule has 2 aliphatic rings. The molecule has 0 spiro atoms. The highest BCUT2D eigenvalue weighted by Gasteiger charge is 2.40. The van der Waals surface area contributed by atoms with E-state index in [9.17, 15) is 9.59 Å². The van der Waals surface area contributed by atoms with E-state index in [0.29, 0.717) is 12.3 Å². The highest BCUT2D eigenvalue weighted by atomic mass is 16.1. The summed E-state index contributed by atoms with van der Waals surface area (Å²) in [6.07, 6.45) is 6.77. The maximum absolute atomic E-state index is 12.3. The summed E-state index contributed by atoms with van der Waals surface area (Å²) in [6.45, 7) is 0. The van der Waals surface area contributed by atoms with Crippen molar-refractivity contribution in [2.45, 2.75) is 32.1 Å². The van der Waals surface area contributed by atoms with E-state index in [1.165, 1.54) is 30.6 Å². The van der Waals surface area contributed by atoms with E-state index in [4.69, 9.17) is 0 Å². The first-order chi connectivity index (χ1) is 9.67. The molecule has 3 atom stereocenters. The fraction of sp³-hybridized carbons (Fsp3) is 0.529. The first kappa shape index (κ1) is 13.3. The van der Waals surface area contributed by atoms with Crippen molar-refractivity contribution >= 4 is 17.9 Å². The molecule has 0 N–H and O–H groups in total. The Morgan fingerprint density at radius 2 is 2.00 bits per heavy atom. The number of ketones is 1.